The lowest BCUT2D eigenvalue weighted by molar-refractivity contribution is -0.111. The van der Waals surface area contributed by atoms with Crippen molar-refractivity contribution in [2.75, 3.05) is 5.32 Å². The molecule has 0 fully saturated rings. The molecule has 0 atom stereocenters. The summed E-state index contributed by atoms with van der Waals surface area (Å²) in [5, 5.41) is 2.74. The summed E-state index contributed by atoms with van der Waals surface area (Å²) in [6, 6.07) is 4.99. The molecule has 5 nitrogen and oxygen atoms in total. The number of hydrogen-bond donors (Lipinski definition) is 1. The van der Waals surface area contributed by atoms with Gasteiger partial charge in [0.15, 0.2) is 0 Å². The molecule has 2 heterocycles. The normalized spacial score (nSPS) is 10.6. The van der Waals surface area contributed by atoms with Crippen LogP contribution >= 0.6 is 11.6 Å². The first kappa shape index (κ1) is 11.3. The topological polar surface area (TPSA) is 68.0 Å². The molecular formula is C11H8ClN3O2. The maximum absolute atomic E-state index is 11.5. The molecule has 2 aromatic heterocycles. The minimum Gasteiger partial charge on any atom is -0.465 e. The van der Waals surface area contributed by atoms with Gasteiger partial charge in [-0.25, -0.2) is 9.97 Å². The number of anilines is 1. The number of furan rings is 1. The van der Waals surface area contributed by atoms with Gasteiger partial charge in [-0.05, 0) is 24.3 Å². The van der Waals surface area contributed by atoms with E-state index in [0.717, 1.165) is 0 Å². The summed E-state index contributed by atoms with van der Waals surface area (Å²) in [6.45, 7) is 0. The van der Waals surface area contributed by atoms with Crippen molar-refractivity contribution < 1.29 is 9.21 Å². The second-order valence-electron chi connectivity index (χ2n) is 3.04. The van der Waals surface area contributed by atoms with E-state index in [9.17, 15) is 4.79 Å². The first-order valence-electron chi connectivity index (χ1n) is 4.75. The number of nitrogens with zero attached hydrogens (tertiary/aromatic N) is 2. The Morgan fingerprint density at radius 3 is 3.06 bits per heavy atom. The maximum atomic E-state index is 11.5. The number of carbonyl (C=O) groups excluding carboxylic acids is 1. The maximum Gasteiger partial charge on any atom is 0.250 e. The quantitative estimate of drug-likeness (QED) is 0.670. The van der Waals surface area contributed by atoms with Crippen LogP contribution in [0.15, 0.2) is 41.2 Å². The standard InChI is InChI=1S/C11H8ClN3O2/c12-9-5-6-13-11(14-9)15-10(16)4-3-8-2-1-7-17-8/h1-7H,(H,13,14,15,16)/b4-3+. The molecule has 86 valence electrons. The van der Waals surface area contributed by atoms with Gasteiger partial charge < -0.3 is 4.42 Å². The molecule has 1 N–H and O–H groups in total. The van der Waals surface area contributed by atoms with Crippen molar-refractivity contribution in [2.24, 2.45) is 0 Å². The second kappa shape index (κ2) is 5.27. The SMILES string of the molecule is O=C(/C=C/c1ccco1)Nc1nccc(Cl)n1. The Kier molecular flexibility index (Phi) is 3.52. The Hall–Kier alpha value is -2.14. The summed E-state index contributed by atoms with van der Waals surface area (Å²) < 4.78 is 5.03. The fourth-order valence-electron chi connectivity index (χ4n) is 1.09. The van der Waals surface area contributed by atoms with E-state index in [-0.39, 0.29) is 17.0 Å². The molecule has 6 heteroatoms. The van der Waals surface area contributed by atoms with E-state index >= 15 is 0 Å². The lowest BCUT2D eigenvalue weighted by Gasteiger charge is -1.98. The van der Waals surface area contributed by atoms with Gasteiger partial charge in [-0.2, -0.15) is 0 Å². The Balaban J connectivity index is 1.98. The van der Waals surface area contributed by atoms with E-state index in [0.29, 0.717) is 5.76 Å². The predicted octanol–water partition coefficient (Wildman–Crippen LogP) is 2.37. The molecule has 0 aromatic carbocycles. The number of carbonyl (C=O) groups is 1. The van der Waals surface area contributed by atoms with Gasteiger partial charge in [-0.15, -0.1) is 0 Å². The highest BCUT2D eigenvalue weighted by molar-refractivity contribution is 6.29. The van der Waals surface area contributed by atoms with Gasteiger partial charge in [-0.1, -0.05) is 11.6 Å². The third-order valence-corrected chi connectivity index (χ3v) is 2.01. The van der Waals surface area contributed by atoms with Crippen molar-refractivity contribution in [3.05, 3.63) is 47.6 Å². The fraction of sp³-hybridized carbons (Fsp3) is 0. The van der Waals surface area contributed by atoms with Crippen molar-refractivity contribution in [1.29, 1.82) is 0 Å². The van der Waals surface area contributed by atoms with Crippen LogP contribution in [-0.2, 0) is 4.79 Å². The number of aromatic nitrogens is 2. The van der Waals surface area contributed by atoms with E-state index in [1.165, 1.54) is 24.6 Å². The summed E-state index contributed by atoms with van der Waals surface area (Å²) in [6.07, 6.45) is 5.85. The summed E-state index contributed by atoms with van der Waals surface area (Å²) >= 11 is 5.65. The molecule has 2 rings (SSSR count). The van der Waals surface area contributed by atoms with E-state index in [4.69, 9.17) is 16.0 Å². The molecule has 1 amide bonds. The Labute approximate surface area is 102 Å². The van der Waals surface area contributed by atoms with Crippen LogP contribution in [0.5, 0.6) is 0 Å². The van der Waals surface area contributed by atoms with Gasteiger partial charge in [0.05, 0.1) is 6.26 Å². The third-order valence-electron chi connectivity index (χ3n) is 1.80. The van der Waals surface area contributed by atoms with Crippen LogP contribution < -0.4 is 5.32 Å². The first-order chi connectivity index (χ1) is 8.24. The van der Waals surface area contributed by atoms with Crippen molar-refractivity contribution in [1.82, 2.24) is 9.97 Å². The molecule has 0 aliphatic rings. The number of amides is 1. The van der Waals surface area contributed by atoms with Crippen LogP contribution in [-0.4, -0.2) is 15.9 Å². The molecule has 0 bridgehead atoms. The predicted molar refractivity (Wildman–Crippen MR) is 63.4 cm³/mol. The van der Waals surface area contributed by atoms with Crippen LogP contribution in [0, 0.1) is 0 Å². The van der Waals surface area contributed by atoms with E-state index in [2.05, 4.69) is 15.3 Å². The monoisotopic (exact) mass is 249 g/mol. The van der Waals surface area contributed by atoms with Crippen LogP contribution in [0.2, 0.25) is 5.15 Å². The minimum atomic E-state index is -0.358. The Morgan fingerprint density at radius 1 is 1.47 bits per heavy atom. The highest BCUT2D eigenvalue weighted by Gasteiger charge is 2.01. The summed E-state index contributed by atoms with van der Waals surface area (Å²) in [5.41, 5.74) is 0. The van der Waals surface area contributed by atoms with Crippen LogP contribution in [0.4, 0.5) is 5.95 Å². The average molecular weight is 250 g/mol. The summed E-state index contributed by atoms with van der Waals surface area (Å²) in [4.78, 5) is 19.1. The molecule has 0 spiro atoms. The van der Waals surface area contributed by atoms with Gasteiger partial charge >= 0.3 is 0 Å². The minimum absolute atomic E-state index is 0.159. The first-order valence-corrected chi connectivity index (χ1v) is 5.13. The van der Waals surface area contributed by atoms with Crippen LogP contribution in [0.3, 0.4) is 0 Å². The molecule has 0 saturated heterocycles. The zero-order valence-electron chi connectivity index (χ0n) is 8.63. The third kappa shape index (κ3) is 3.42. The van der Waals surface area contributed by atoms with Crippen LogP contribution in [0.1, 0.15) is 5.76 Å². The van der Waals surface area contributed by atoms with Gasteiger partial charge in [0.1, 0.15) is 10.9 Å². The van der Waals surface area contributed by atoms with Crippen LogP contribution in [0.25, 0.3) is 6.08 Å². The number of hydrogen-bond acceptors (Lipinski definition) is 4. The average Bonchev–Trinajstić information content (AvgIpc) is 2.79. The van der Waals surface area contributed by atoms with Crippen molar-refractivity contribution in [3.8, 4) is 0 Å². The largest absolute Gasteiger partial charge is 0.465 e. The molecule has 0 unspecified atom stereocenters. The molecule has 2 aromatic rings. The smallest absolute Gasteiger partial charge is 0.250 e. The highest BCUT2D eigenvalue weighted by Crippen LogP contribution is 2.06. The molecule has 0 aliphatic carbocycles. The lowest BCUT2D eigenvalue weighted by Crippen LogP contribution is -2.10. The zero-order chi connectivity index (χ0) is 12.1. The number of rotatable bonds is 3. The van der Waals surface area contributed by atoms with Gasteiger partial charge in [-0.3, -0.25) is 10.1 Å². The zero-order valence-corrected chi connectivity index (χ0v) is 9.39. The number of halogens is 1. The van der Waals surface area contributed by atoms with E-state index < -0.39 is 0 Å². The van der Waals surface area contributed by atoms with Gasteiger partial charge in [0.25, 0.3) is 5.91 Å². The fourth-order valence-corrected chi connectivity index (χ4v) is 1.23. The number of nitrogens with one attached hydrogen (secondary N) is 1. The second-order valence-corrected chi connectivity index (χ2v) is 3.43. The molecule has 0 saturated carbocycles. The Morgan fingerprint density at radius 2 is 2.35 bits per heavy atom. The Bertz CT molecular complexity index is 537. The molecular weight excluding hydrogens is 242 g/mol. The lowest BCUT2D eigenvalue weighted by atomic mass is 10.4. The molecule has 17 heavy (non-hydrogen) atoms. The summed E-state index contributed by atoms with van der Waals surface area (Å²) in [7, 11) is 0. The molecule has 0 aliphatic heterocycles. The van der Waals surface area contributed by atoms with Crippen molar-refractivity contribution in [2.45, 2.75) is 0 Å². The van der Waals surface area contributed by atoms with Gasteiger partial charge in [0.2, 0.25) is 5.95 Å². The molecule has 0 radical (unpaired) electrons. The highest BCUT2D eigenvalue weighted by atomic mass is 35.5. The van der Waals surface area contributed by atoms with Crippen molar-refractivity contribution in [3.63, 3.8) is 0 Å². The van der Waals surface area contributed by atoms with E-state index in [1.54, 1.807) is 18.2 Å². The van der Waals surface area contributed by atoms with Crippen molar-refractivity contribution >= 4 is 29.5 Å². The summed E-state index contributed by atoms with van der Waals surface area (Å²) in [5.74, 6) is 0.391. The van der Waals surface area contributed by atoms with Gasteiger partial charge in [0, 0.05) is 12.3 Å². The van der Waals surface area contributed by atoms with E-state index in [1.807, 2.05) is 0 Å².